The standard InChI is InChI=1S/C12H10N2O5/c1-7-10(12(15)18-2)19-11(13-7)8-4-3-5-9(6-8)14(16)17/h3-6H,1-2H3. The second kappa shape index (κ2) is 4.89. The summed E-state index contributed by atoms with van der Waals surface area (Å²) in [5.74, 6) is -0.507. The third-order valence-electron chi connectivity index (χ3n) is 2.47. The number of carbonyl (C=O) groups excluding carboxylic acids is 1. The van der Waals surface area contributed by atoms with Crippen LogP contribution < -0.4 is 0 Å². The zero-order valence-electron chi connectivity index (χ0n) is 10.2. The van der Waals surface area contributed by atoms with Gasteiger partial charge in [-0.2, -0.15) is 0 Å². The van der Waals surface area contributed by atoms with E-state index in [0.29, 0.717) is 11.3 Å². The fourth-order valence-corrected chi connectivity index (χ4v) is 1.55. The topological polar surface area (TPSA) is 95.5 Å². The quantitative estimate of drug-likeness (QED) is 0.478. The van der Waals surface area contributed by atoms with E-state index in [0.717, 1.165) is 0 Å². The van der Waals surface area contributed by atoms with E-state index >= 15 is 0 Å². The van der Waals surface area contributed by atoms with Crippen LogP contribution in [0.3, 0.4) is 0 Å². The van der Waals surface area contributed by atoms with Crippen LogP contribution in [0, 0.1) is 17.0 Å². The van der Waals surface area contributed by atoms with Gasteiger partial charge in [-0.05, 0) is 13.0 Å². The maximum atomic E-state index is 11.4. The SMILES string of the molecule is COC(=O)c1oc(-c2cccc([N+](=O)[O-])c2)nc1C. The van der Waals surface area contributed by atoms with Gasteiger partial charge in [0.05, 0.1) is 17.7 Å². The lowest BCUT2D eigenvalue weighted by Crippen LogP contribution is -2.00. The molecule has 7 heteroatoms. The maximum Gasteiger partial charge on any atom is 0.375 e. The van der Waals surface area contributed by atoms with Gasteiger partial charge >= 0.3 is 5.97 Å². The number of benzene rings is 1. The van der Waals surface area contributed by atoms with Crippen LogP contribution in [0.5, 0.6) is 0 Å². The summed E-state index contributed by atoms with van der Waals surface area (Å²) in [6.07, 6.45) is 0. The van der Waals surface area contributed by atoms with Crippen molar-refractivity contribution in [2.45, 2.75) is 6.92 Å². The minimum absolute atomic E-state index is 0.0102. The number of aromatic nitrogens is 1. The van der Waals surface area contributed by atoms with Crippen LogP contribution in [0.1, 0.15) is 16.2 Å². The first-order valence-corrected chi connectivity index (χ1v) is 5.33. The van der Waals surface area contributed by atoms with E-state index in [9.17, 15) is 14.9 Å². The molecule has 2 aromatic rings. The Morgan fingerprint density at radius 1 is 1.47 bits per heavy atom. The van der Waals surface area contributed by atoms with Crippen molar-refractivity contribution in [3.63, 3.8) is 0 Å². The van der Waals surface area contributed by atoms with Crippen LogP contribution >= 0.6 is 0 Å². The zero-order valence-corrected chi connectivity index (χ0v) is 10.2. The molecule has 0 spiro atoms. The molecule has 0 saturated carbocycles. The van der Waals surface area contributed by atoms with Crippen LogP contribution in [-0.4, -0.2) is 23.0 Å². The number of non-ortho nitro benzene ring substituents is 1. The molecule has 0 atom stereocenters. The summed E-state index contributed by atoms with van der Waals surface area (Å²) in [4.78, 5) is 25.6. The summed E-state index contributed by atoms with van der Waals surface area (Å²) in [5, 5.41) is 10.7. The lowest BCUT2D eigenvalue weighted by Gasteiger charge is -1.96. The Morgan fingerprint density at radius 2 is 2.21 bits per heavy atom. The van der Waals surface area contributed by atoms with E-state index in [1.54, 1.807) is 13.0 Å². The highest BCUT2D eigenvalue weighted by Gasteiger charge is 2.19. The highest BCUT2D eigenvalue weighted by molar-refractivity contribution is 5.87. The number of carbonyl (C=O) groups is 1. The fraction of sp³-hybridized carbons (Fsp3) is 0.167. The second-order valence-electron chi connectivity index (χ2n) is 3.73. The number of aryl methyl sites for hydroxylation is 1. The Bertz CT molecular complexity index is 647. The van der Waals surface area contributed by atoms with Gasteiger partial charge in [-0.25, -0.2) is 9.78 Å². The van der Waals surface area contributed by atoms with E-state index in [-0.39, 0.29) is 17.3 Å². The van der Waals surface area contributed by atoms with Gasteiger partial charge in [-0.3, -0.25) is 10.1 Å². The van der Waals surface area contributed by atoms with Crippen LogP contribution in [-0.2, 0) is 4.74 Å². The number of rotatable bonds is 3. The Labute approximate surface area is 108 Å². The number of esters is 1. The molecule has 98 valence electrons. The predicted octanol–water partition coefficient (Wildman–Crippen LogP) is 2.34. The molecular formula is C12H10N2O5. The highest BCUT2D eigenvalue weighted by Crippen LogP contribution is 2.25. The van der Waals surface area contributed by atoms with E-state index in [1.165, 1.54) is 25.3 Å². The van der Waals surface area contributed by atoms with Gasteiger partial charge in [-0.1, -0.05) is 6.07 Å². The minimum atomic E-state index is -0.637. The number of oxazole rings is 1. The average Bonchev–Trinajstić information content (AvgIpc) is 2.80. The predicted molar refractivity (Wildman–Crippen MR) is 64.7 cm³/mol. The molecule has 7 nitrogen and oxygen atoms in total. The Kier molecular flexibility index (Phi) is 3.28. The van der Waals surface area contributed by atoms with Gasteiger partial charge in [0.1, 0.15) is 0 Å². The summed E-state index contributed by atoms with van der Waals surface area (Å²) in [6, 6.07) is 5.82. The molecule has 0 radical (unpaired) electrons. The largest absolute Gasteiger partial charge is 0.463 e. The smallest absolute Gasteiger partial charge is 0.375 e. The average molecular weight is 262 g/mol. The van der Waals surface area contributed by atoms with Crippen LogP contribution in [0.15, 0.2) is 28.7 Å². The molecule has 1 heterocycles. The van der Waals surface area contributed by atoms with Crippen molar-refractivity contribution in [2.24, 2.45) is 0 Å². The summed E-state index contributed by atoms with van der Waals surface area (Å²) in [6.45, 7) is 1.59. The highest BCUT2D eigenvalue weighted by atomic mass is 16.6. The van der Waals surface area contributed by atoms with Gasteiger partial charge in [0.2, 0.25) is 11.7 Å². The number of ether oxygens (including phenoxy) is 1. The van der Waals surface area contributed by atoms with Gasteiger partial charge < -0.3 is 9.15 Å². The van der Waals surface area contributed by atoms with E-state index in [1.807, 2.05) is 0 Å². The van der Waals surface area contributed by atoms with Crippen molar-refractivity contribution in [3.8, 4) is 11.5 Å². The molecular weight excluding hydrogens is 252 g/mol. The molecule has 0 aliphatic rings. The fourth-order valence-electron chi connectivity index (χ4n) is 1.55. The van der Waals surface area contributed by atoms with Crippen LogP contribution in [0.25, 0.3) is 11.5 Å². The molecule has 0 fully saturated rings. The summed E-state index contributed by atoms with van der Waals surface area (Å²) >= 11 is 0. The van der Waals surface area contributed by atoms with Crippen molar-refractivity contribution in [1.82, 2.24) is 4.98 Å². The zero-order chi connectivity index (χ0) is 14.0. The Hall–Kier alpha value is -2.70. The van der Waals surface area contributed by atoms with Crippen molar-refractivity contribution in [3.05, 3.63) is 45.8 Å². The Balaban J connectivity index is 2.45. The number of methoxy groups -OCH3 is 1. The molecule has 0 N–H and O–H groups in total. The van der Waals surface area contributed by atoms with E-state index in [2.05, 4.69) is 9.72 Å². The third kappa shape index (κ3) is 2.44. The Morgan fingerprint density at radius 3 is 2.84 bits per heavy atom. The molecule has 0 amide bonds. The summed E-state index contributed by atoms with van der Waals surface area (Å²) < 4.78 is 9.83. The van der Waals surface area contributed by atoms with Gasteiger partial charge in [0, 0.05) is 17.7 Å². The summed E-state index contributed by atoms with van der Waals surface area (Å²) in [5.41, 5.74) is 0.716. The van der Waals surface area contributed by atoms with Gasteiger partial charge in [0.25, 0.3) is 5.69 Å². The summed E-state index contributed by atoms with van der Waals surface area (Å²) in [7, 11) is 1.23. The normalized spacial score (nSPS) is 10.2. The number of hydrogen-bond donors (Lipinski definition) is 0. The number of nitro benzene ring substituents is 1. The molecule has 0 aliphatic carbocycles. The van der Waals surface area contributed by atoms with Crippen molar-refractivity contribution >= 4 is 11.7 Å². The first-order valence-electron chi connectivity index (χ1n) is 5.33. The number of nitrogens with zero attached hydrogens (tertiary/aromatic N) is 2. The molecule has 1 aromatic carbocycles. The monoisotopic (exact) mass is 262 g/mol. The van der Waals surface area contributed by atoms with Gasteiger partial charge in [-0.15, -0.1) is 0 Å². The molecule has 1 aromatic heterocycles. The molecule has 0 bridgehead atoms. The number of hydrogen-bond acceptors (Lipinski definition) is 6. The molecule has 0 saturated heterocycles. The lowest BCUT2D eigenvalue weighted by atomic mass is 10.2. The minimum Gasteiger partial charge on any atom is -0.463 e. The van der Waals surface area contributed by atoms with Gasteiger partial charge in [0.15, 0.2) is 0 Å². The van der Waals surface area contributed by atoms with E-state index in [4.69, 9.17) is 4.42 Å². The van der Waals surface area contributed by atoms with Crippen molar-refractivity contribution in [1.29, 1.82) is 0 Å². The third-order valence-corrected chi connectivity index (χ3v) is 2.47. The first kappa shape index (κ1) is 12.7. The van der Waals surface area contributed by atoms with Crippen molar-refractivity contribution in [2.75, 3.05) is 7.11 Å². The second-order valence-corrected chi connectivity index (χ2v) is 3.73. The van der Waals surface area contributed by atoms with Crippen LogP contribution in [0.4, 0.5) is 5.69 Å². The lowest BCUT2D eigenvalue weighted by molar-refractivity contribution is -0.384. The molecule has 0 aliphatic heterocycles. The van der Waals surface area contributed by atoms with Crippen molar-refractivity contribution < 1.29 is 18.9 Å². The molecule has 0 unspecified atom stereocenters. The molecule has 2 rings (SSSR count). The molecule has 19 heavy (non-hydrogen) atoms. The van der Waals surface area contributed by atoms with Crippen LogP contribution in [0.2, 0.25) is 0 Å². The number of nitro groups is 1. The van der Waals surface area contributed by atoms with E-state index < -0.39 is 10.9 Å². The maximum absolute atomic E-state index is 11.4. The first-order chi connectivity index (χ1) is 9.02.